The number of carbonyl (C=O) groups excluding carboxylic acids is 2. The predicted molar refractivity (Wildman–Crippen MR) is 148 cm³/mol. The van der Waals surface area contributed by atoms with E-state index in [4.69, 9.17) is 14.0 Å². The number of nitrogens with zero attached hydrogens (tertiary/aromatic N) is 4. The average Bonchev–Trinajstić information content (AvgIpc) is 3.02. The Morgan fingerprint density at radius 2 is 1.74 bits per heavy atom. The van der Waals surface area contributed by atoms with Crippen LogP contribution in [0.2, 0.25) is 0 Å². The van der Waals surface area contributed by atoms with E-state index in [9.17, 15) is 9.59 Å². The van der Waals surface area contributed by atoms with Gasteiger partial charge in [0.25, 0.3) is 0 Å². The standard InChI is InChI=1S/C27H46BN5O5/c1-18(2)33(23-29-14-21(15-30-23)28-37-26(7,8)27(9,10)38-28)17-20-12-11-13-32(16-20)22(34)19(3)31-24(35)36-25(4,5)6/h14-15,18-20H,11-13,16-17H2,1-10H3,(H,31,35)/t19-,20-/m0/s1. The number of ether oxygens (including phenoxy) is 1. The van der Waals surface area contributed by atoms with E-state index >= 15 is 0 Å². The van der Waals surface area contributed by atoms with Gasteiger partial charge in [-0.25, -0.2) is 14.8 Å². The Morgan fingerprint density at radius 1 is 1.16 bits per heavy atom. The highest BCUT2D eigenvalue weighted by atomic mass is 16.7. The van der Waals surface area contributed by atoms with Gasteiger partial charge in [0, 0.05) is 43.5 Å². The lowest BCUT2D eigenvalue weighted by atomic mass is 9.81. The van der Waals surface area contributed by atoms with Crippen molar-refractivity contribution in [2.75, 3.05) is 24.5 Å². The van der Waals surface area contributed by atoms with E-state index in [0.29, 0.717) is 19.0 Å². The molecule has 0 aromatic carbocycles. The molecule has 0 radical (unpaired) electrons. The number of hydrogen-bond acceptors (Lipinski definition) is 8. The fourth-order valence-electron chi connectivity index (χ4n) is 4.62. The number of amides is 2. The summed E-state index contributed by atoms with van der Waals surface area (Å²) < 4.78 is 17.6. The molecular formula is C27H46BN5O5. The number of piperidine rings is 1. The fraction of sp³-hybridized carbons (Fsp3) is 0.778. The quantitative estimate of drug-likeness (QED) is 0.535. The van der Waals surface area contributed by atoms with Gasteiger partial charge in [0.05, 0.1) is 11.2 Å². The van der Waals surface area contributed by atoms with Crippen LogP contribution in [0.5, 0.6) is 0 Å². The summed E-state index contributed by atoms with van der Waals surface area (Å²) in [6.45, 7) is 21.4. The first-order valence-corrected chi connectivity index (χ1v) is 13.7. The first kappa shape index (κ1) is 30.2. The molecule has 2 aliphatic rings. The van der Waals surface area contributed by atoms with Crippen LogP contribution >= 0.6 is 0 Å². The van der Waals surface area contributed by atoms with Crippen LogP contribution in [0.25, 0.3) is 0 Å². The number of nitrogens with one attached hydrogen (secondary N) is 1. The molecule has 2 aliphatic heterocycles. The van der Waals surface area contributed by atoms with Gasteiger partial charge in [0.2, 0.25) is 11.9 Å². The largest absolute Gasteiger partial charge is 0.498 e. The normalized spacial score (nSPS) is 21.8. The molecule has 1 aromatic heterocycles. The zero-order valence-corrected chi connectivity index (χ0v) is 24.8. The van der Waals surface area contributed by atoms with Crippen LogP contribution in [0.15, 0.2) is 12.4 Å². The highest BCUT2D eigenvalue weighted by Gasteiger charge is 2.52. The van der Waals surface area contributed by atoms with Crippen LogP contribution in [0.3, 0.4) is 0 Å². The molecule has 212 valence electrons. The van der Waals surface area contributed by atoms with Crippen molar-refractivity contribution in [2.45, 2.75) is 111 Å². The summed E-state index contributed by atoms with van der Waals surface area (Å²) in [6, 6.07) is -0.479. The molecule has 1 N–H and O–H groups in total. The maximum absolute atomic E-state index is 13.1. The number of alkyl carbamates (subject to hydrolysis) is 1. The van der Waals surface area contributed by atoms with E-state index < -0.39 is 36.1 Å². The first-order valence-electron chi connectivity index (χ1n) is 13.7. The Hall–Kier alpha value is -2.40. The summed E-state index contributed by atoms with van der Waals surface area (Å²) >= 11 is 0. The van der Waals surface area contributed by atoms with Crippen molar-refractivity contribution in [3.63, 3.8) is 0 Å². The highest BCUT2D eigenvalue weighted by Crippen LogP contribution is 2.36. The van der Waals surface area contributed by atoms with Crippen LogP contribution in [0.1, 0.15) is 82.1 Å². The molecule has 2 amide bonds. The maximum Gasteiger partial charge on any atom is 0.498 e. The fourth-order valence-corrected chi connectivity index (χ4v) is 4.62. The van der Waals surface area contributed by atoms with Gasteiger partial charge in [0.1, 0.15) is 11.6 Å². The van der Waals surface area contributed by atoms with E-state index in [2.05, 4.69) is 34.0 Å². The van der Waals surface area contributed by atoms with E-state index in [1.165, 1.54) is 0 Å². The molecule has 3 rings (SSSR count). The van der Waals surface area contributed by atoms with Crippen molar-refractivity contribution in [2.24, 2.45) is 5.92 Å². The zero-order chi connectivity index (χ0) is 28.5. The van der Waals surface area contributed by atoms with Crippen LogP contribution < -0.4 is 15.7 Å². The van der Waals surface area contributed by atoms with E-state index in [1.807, 2.05) is 32.6 Å². The van der Waals surface area contributed by atoms with E-state index in [0.717, 1.165) is 24.8 Å². The molecular weight excluding hydrogens is 485 g/mol. The van der Waals surface area contributed by atoms with Crippen LogP contribution in [-0.4, -0.2) is 82.5 Å². The summed E-state index contributed by atoms with van der Waals surface area (Å²) in [7, 11) is -0.504. The van der Waals surface area contributed by atoms with Gasteiger partial charge >= 0.3 is 13.2 Å². The van der Waals surface area contributed by atoms with Crippen molar-refractivity contribution in [3.8, 4) is 0 Å². The molecule has 2 fully saturated rings. The van der Waals surface area contributed by atoms with Gasteiger partial charge in [-0.3, -0.25) is 4.79 Å². The molecule has 0 spiro atoms. The minimum Gasteiger partial charge on any atom is -0.444 e. The third-order valence-corrected chi connectivity index (χ3v) is 7.45. The van der Waals surface area contributed by atoms with Crippen LogP contribution in [-0.2, 0) is 18.8 Å². The summed E-state index contributed by atoms with van der Waals surface area (Å²) in [6.07, 6.45) is 4.89. The number of likely N-dealkylation sites (tertiary alicyclic amines) is 1. The number of anilines is 1. The Bertz CT molecular complexity index is 963. The van der Waals surface area contributed by atoms with E-state index in [-0.39, 0.29) is 17.9 Å². The number of aromatic nitrogens is 2. The van der Waals surface area contributed by atoms with Crippen molar-refractivity contribution in [3.05, 3.63) is 12.4 Å². The molecule has 38 heavy (non-hydrogen) atoms. The zero-order valence-electron chi connectivity index (χ0n) is 24.8. The smallest absolute Gasteiger partial charge is 0.444 e. The minimum absolute atomic E-state index is 0.0975. The SMILES string of the molecule is CC(C)N(C[C@H]1CCCN(C(=O)[C@H](C)NC(=O)OC(C)(C)C)C1)c1ncc(B2OC(C)(C)C(C)(C)O2)cn1. The van der Waals surface area contributed by atoms with Gasteiger partial charge in [-0.15, -0.1) is 0 Å². The van der Waals surface area contributed by atoms with Gasteiger partial charge in [-0.1, -0.05) is 0 Å². The molecule has 0 saturated carbocycles. The second kappa shape index (κ2) is 11.4. The third kappa shape index (κ3) is 7.37. The lowest BCUT2D eigenvalue weighted by Gasteiger charge is -2.38. The Morgan fingerprint density at radius 3 is 2.26 bits per heavy atom. The monoisotopic (exact) mass is 531 g/mol. The predicted octanol–water partition coefficient (Wildman–Crippen LogP) is 3.14. The summed E-state index contributed by atoms with van der Waals surface area (Å²) in [5, 5.41) is 2.67. The number of rotatable bonds is 7. The minimum atomic E-state index is -0.657. The molecule has 1 aromatic rings. The Kier molecular flexibility index (Phi) is 9.03. The van der Waals surface area contributed by atoms with Crippen molar-refractivity contribution < 1.29 is 23.6 Å². The summed E-state index contributed by atoms with van der Waals surface area (Å²) in [5.41, 5.74) is -0.680. The van der Waals surface area contributed by atoms with Gasteiger partial charge in [-0.05, 0) is 88.0 Å². The van der Waals surface area contributed by atoms with E-state index in [1.54, 1.807) is 40.1 Å². The lowest BCUT2D eigenvalue weighted by molar-refractivity contribution is -0.134. The van der Waals surface area contributed by atoms with Crippen molar-refractivity contribution in [1.82, 2.24) is 20.2 Å². The second-order valence-corrected chi connectivity index (χ2v) is 12.8. The molecule has 2 saturated heterocycles. The molecule has 0 bridgehead atoms. The molecule has 2 atom stereocenters. The average molecular weight is 532 g/mol. The lowest BCUT2D eigenvalue weighted by Crippen LogP contribution is -2.52. The first-order chi connectivity index (χ1) is 17.5. The topological polar surface area (TPSA) is 106 Å². The summed E-state index contributed by atoms with van der Waals surface area (Å²) in [4.78, 5) is 38.6. The maximum atomic E-state index is 13.1. The van der Waals surface area contributed by atoms with Crippen molar-refractivity contribution >= 4 is 30.5 Å². The molecule has 11 heteroatoms. The molecule has 3 heterocycles. The van der Waals surface area contributed by atoms with Crippen molar-refractivity contribution in [1.29, 1.82) is 0 Å². The number of carbonyl (C=O) groups is 2. The van der Waals surface area contributed by atoms with Crippen LogP contribution in [0, 0.1) is 5.92 Å². The summed E-state index contributed by atoms with van der Waals surface area (Å²) in [5.74, 6) is 0.804. The molecule has 0 aliphatic carbocycles. The van der Waals surface area contributed by atoms with Gasteiger partial charge in [-0.2, -0.15) is 0 Å². The number of hydrogen-bond donors (Lipinski definition) is 1. The van der Waals surface area contributed by atoms with Crippen LogP contribution in [0.4, 0.5) is 10.7 Å². The third-order valence-electron chi connectivity index (χ3n) is 7.45. The van der Waals surface area contributed by atoms with Gasteiger partial charge in [0.15, 0.2) is 0 Å². The highest BCUT2D eigenvalue weighted by molar-refractivity contribution is 6.61. The molecule has 10 nitrogen and oxygen atoms in total. The van der Waals surface area contributed by atoms with Gasteiger partial charge < -0.3 is 29.2 Å². The Labute approximate surface area is 228 Å². The Balaban J connectivity index is 1.62. The molecule has 0 unspecified atom stereocenters. The second-order valence-electron chi connectivity index (χ2n) is 12.8.